The molecule has 0 saturated heterocycles. The first-order chi connectivity index (χ1) is 5.00. The summed E-state index contributed by atoms with van der Waals surface area (Å²) in [6.07, 6.45) is 7.00. The van der Waals surface area contributed by atoms with Gasteiger partial charge in [0, 0.05) is 20.1 Å². The Morgan fingerprint density at radius 2 is 0.769 bits per heavy atom. The summed E-state index contributed by atoms with van der Waals surface area (Å²) in [7, 11) is 0. The molecule has 0 aliphatic carbocycles. The van der Waals surface area contributed by atoms with Crippen LogP contribution in [-0.2, 0) is 20.1 Å². The second-order valence-corrected chi connectivity index (χ2v) is 1.66. The molecule has 2 aromatic rings. The number of nitrogens with zero attached hydrogens (tertiary/aromatic N) is 2. The largest absolute Gasteiger partial charge is 0.670 e. The van der Waals surface area contributed by atoms with Gasteiger partial charge in [-0.25, -0.2) is 0 Å². The molecule has 0 fully saturated rings. The van der Waals surface area contributed by atoms with Crippen LogP contribution in [0.1, 0.15) is 0 Å². The SMILES string of the molecule is [CH3-].[CH3-].[Ir].c1cc[n-]c1.c1cc[n-]c1. The summed E-state index contributed by atoms with van der Waals surface area (Å²) in [5.41, 5.74) is 0. The average molecular weight is 354 g/mol. The number of hydrogen-bond acceptors (Lipinski definition) is 0. The van der Waals surface area contributed by atoms with Gasteiger partial charge in [0.2, 0.25) is 0 Å². The van der Waals surface area contributed by atoms with Crippen molar-refractivity contribution in [1.82, 2.24) is 9.97 Å². The van der Waals surface area contributed by atoms with E-state index in [1.165, 1.54) is 0 Å². The predicted molar refractivity (Wildman–Crippen MR) is 52.4 cm³/mol. The number of rotatable bonds is 0. The van der Waals surface area contributed by atoms with Crippen LogP contribution in [0.3, 0.4) is 0 Å². The average Bonchev–Trinajstić information content (AvgIpc) is 2.67. The predicted octanol–water partition coefficient (Wildman–Crippen LogP) is 2.19. The fourth-order valence-electron chi connectivity index (χ4n) is 0.497. The van der Waals surface area contributed by atoms with Gasteiger partial charge in [-0.15, -0.1) is 0 Å². The third-order valence-corrected chi connectivity index (χ3v) is 0.911. The van der Waals surface area contributed by atoms with E-state index in [1.54, 1.807) is 24.8 Å². The quantitative estimate of drug-likeness (QED) is 0.679. The molecule has 0 saturated carbocycles. The van der Waals surface area contributed by atoms with Gasteiger partial charge in [0.15, 0.2) is 0 Å². The molecule has 0 aromatic carbocycles. The molecule has 0 spiro atoms. The molecule has 0 atom stereocenters. The second-order valence-electron chi connectivity index (χ2n) is 1.66. The van der Waals surface area contributed by atoms with Crippen molar-refractivity contribution in [2.75, 3.05) is 0 Å². The smallest absolute Gasteiger partial charge is 0 e. The van der Waals surface area contributed by atoms with Crippen LogP contribution in [0.2, 0.25) is 0 Å². The van der Waals surface area contributed by atoms with Gasteiger partial charge in [-0.2, -0.15) is 24.8 Å². The van der Waals surface area contributed by atoms with Crippen molar-refractivity contribution in [3.05, 3.63) is 63.9 Å². The Labute approximate surface area is 94.1 Å². The van der Waals surface area contributed by atoms with Crippen LogP contribution in [0.4, 0.5) is 0 Å². The molecule has 2 heterocycles. The third kappa shape index (κ3) is 11.2. The van der Waals surface area contributed by atoms with Gasteiger partial charge in [-0.05, 0) is 0 Å². The molecule has 0 N–H and O–H groups in total. The fraction of sp³-hybridized carbons (Fsp3) is 0. The Bertz CT molecular complexity index is 152. The van der Waals surface area contributed by atoms with Gasteiger partial charge < -0.3 is 24.8 Å². The zero-order chi connectivity index (χ0) is 7.07. The zero-order valence-corrected chi connectivity index (χ0v) is 10.2. The van der Waals surface area contributed by atoms with E-state index < -0.39 is 0 Å². The molecule has 0 bridgehead atoms. The van der Waals surface area contributed by atoms with Crippen molar-refractivity contribution in [3.63, 3.8) is 0 Å². The summed E-state index contributed by atoms with van der Waals surface area (Å²) in [4.78, 5) is 7.44. The molecule has 0 aliphatic rings. The normalized spacial score (nSPS) is 6.15. The molecule has 1 radical (unpaired) electrons. The minimum Gasteiger partial charge on any atom is -0.670 e. The summed E-state index contributed by atoms with van der Waals surface area (Å²) in [6.45, 7) is 0. The molecule has 77 valence electrons. The molecule has 2 rings (SSSR count). The van der Waals surface area contributed by atoms with E-state index in [9.17, 15) is 0 Å². The van der Waals surface area contributed by atoms with E-state index >= 15 is 0 Å². The van der Waals surface area contributed by atoms with Crippen LogP contribution in [0, 0.1) is 14.9 Å². The summed E-state index contributed by atoms with van der Waals surface area (Å²) in [5.74, 6) is 0. The van der Waals surface area contributed by atoms with Crippen molar-refractivity contribution >= 4 is 0 Å². The molecule has 0 unspecified atom stereocenters. The minimum absolute atomic E-state index is 0. The van der Waals surface area contributed by atoms with E-state index in [0.717, 1.165) is 0 Å². The van der Waals surface area contributed by atoms with Gasteiger partial charge in [0.25, 0.3) is 0 Å². The van der Waals surface area contributed by atoms with E-state index in [4.69, 9.17) is 0 Å². The van der Waals surface area contributed by atoms with Crippen LogP contribution in [0.15, 0.2) is 49.1 Å². The Morgan fingerprint density at radius 3 is 0.846 bits per heavy atom. The molecule has 2 nitrogen and oxygen atoms in total. The fourth-order valence-corrected chi connectivity index (χ4v) is 0.497. The van der Waals surface area contributed by atoms with Gasteiger partial charge in [-0.1, -0.05) is 24.3 Å². The van der Waals surface area contributed by atoms with Gasteiger partial charge in [-0.3, -0.25) is 0 Å². The molecule has 0 amide bonds. The molecule has 3 heteroatoms. The molecule has 0 aliphatic heterocycles. The van der Waals surface area contributed by atoms with Crippen molar-refractivity contribution in [1.29, 1.82) is 0 Å². The molecule has 13 heavy (non-hydrogen) atoms. The van der Waals surface area contributed by atoms with Gasteiger partial charge >= 0.3 is 0 Å². The Balaban J connectivity index is -0.000000125. The zero-order valence-electron chi connectivity index (χ0n) is 7.85. The topological polar surface area (TPSA) is 28.2 Å². The van der Waals surface area contributed by atoms with Gasteiger partial charge in [0.1, 0.15) is 0 Å². The Morgan fingerprint density at radius 1 is 0.538 bits per heavy atom. The maximum Gasteiger partial charge on any atom is 0 e. The van der Waals surface area contributed by atoms with E-state index in [2.05, 4.69) is 9.97 Å². The van der Waals surface area contributed by atoms with Crippen molar-refractivity contribution < 1.29 is 20.1 Å². The third-order valence-electron chi connectivity index (χ3n) is 0.911. The van der Waals surface area contributed by atoms with Crippen LogP contribution in [-0.4, -0.2) is 0 Å². The molecular weight excluding hydrogens is 340 g/mol. The van der Waals surface area contributed by atoms with E-state index in [0.29, 0.717) is 0 Å². The molecular formula is C10H14IrN2-4. The summed E-state index contributed by atoms with van der Waals surface area (Å²) in [6, 6.07) is 7.56. The monoisotopic (exact) mass is 355 g/mol. The second kappa shape index (κ2) is 13.8. The van der Waals surface area contributed by atoms with Crippen molar-refractivity contribution in [3.8, 4) is 0 Å². The number of aromatic nitrogens is 2. The van der Waals surface area contributed by atoms with E-state index in [-0.39, 0.29) is 35.0 Å². The Kier molecular flexibility index (Phi) is 19.2. The first kappa shape index (κ1) is 18.1. The van der Waals surface area contributed by atoms with Crippen LogP contribution in [0.25, 0.3) is 0 Å². The van der Waals surface area contributed by atoms with Crippen molar-refractivity contribution in [2.45, 2.75) is 0 Å². The minimum atomic E-state index is 0. The standard InChI is InChI=1S/2C4H4N.2CH3.Ir/c2*1-2-4-5-3-1;;;/h2*1-4H;2*1H3;/q4*-1;. The van der Waals surface area contributed by atoms with Crippen LogP contribution in [0.5, 0.6) is 0 Å². The summed E-state index contributed by atoms with van der Waals surface area (Å²) >= 11 is 0. The van der Waals surface area contributed by atoms with Gasteiger partial charge in [0.05, 0.1) is 0 Å². The van der Waals surface area contributed by atoms with Crippen LogP contribution < -0.4 is 9.97 Å². The Hall–Kier alpha value is -0.791. The van der Waals surface area contributed by atoms with Crippen LogP contribution >= 0.6 is 0 Å². The first-order valence-corrected chi connectivity index (χ1v) is 3.03. The number of hydrogen-bond donors (Lipinski definition) is 0. The van der Waals surface area contributed by atoms with Crippen molar-refractivity contribution in [2.24, 2.45) is 0 Å². The van der Waals surface area contributed by atoms with E-state index in [1.807, 2.05) is 24.3 Å². The molecule has 2 aromatic heterocycles. The summed E-state index contributed by atoms with van der Waals surface area (Å²) in [5, 5.41) is 0. The maximum absolute atomic E-state index is 3.72. The maximum atomic E-state index is 3.72. The first-order valence-electron chi connectivity index (χ1n) is 3.03. The summed E-state index contributed by atoms with van der Waals surface area (Å²) < 4.78 is 0.